The van der Waals surface area contributed by atoms with Crippen LogP contribution in [0, 0.1) is 5.82 Å². The molecule has 0 heterocycles. The molecule has 0 saturated carbocycles. The maximum atomic E-state index is 13.3. The molecule has 0 atom stereocenters. The molecular formula is C10H10F4N2OS. The van der Waals surface area contributed by atoms with E-state index in [0.717, 1.165) is 17.8 Å². The first-order valence-corrected chi connectivity index (χ1v) is 5.78. The van der Waals surface area contributed by atoms with Crippen LogP contribution >= 0.6 is 11.8 Å². The number of amides is 1. The largest absolute Gasteiger partial charge is 0.405 e. The zero-order valence-corrected chi connectivity index (χ0v) is 9.87. The molecule has 3 N–H and O–H groups in total. The van der Waals surface area contributed by atoms with E-state index in [0.29, 0.717) is 0 Å². The third-order valence-corrected chi connectivity index (χ3v) is 2.85. The average Bonchev–Trinajstić information content (AvgIpc) is 2.24. The molecule has 1 aromatic rings. The SMILES string of the molecule is Nc1ccc(SCC(=O)NCC(F)(F)F)c(F)c1. The molecular weight excluding hydrogens is 272 g/mol. The first-order chi connectivity index (χ1) is 8.28. The lowest BCUT2D eigenvalue weighted by molar-refractivity contribution is -0.136. The van der Waals surface area contributed by atoms with Crippen molar-refractivity contribution in [3.8, 4) is 0 Å². The molecule has 0 aliphatic carbocycles. The predicted molar refractivity (Wildman–Crippen MR) is 60.6 cm³/mol. The van der Waals surface area contributed by atoms with Gasteiger partial charge in [-0.1, -0.05) is 0 Å². The minimum atomic E-state index is -4.45. The van der Waals surface area contributed by atoms with Gasteiger partial charge in [0.25, 0.3) is 0 Å². The number of alkyl halides is 3. The molecule has 18 heavy (non-hydrogen) atoms. The van der Waals surface area contributed by atoms with Gasteiger partial charge in [0.15, 0.2) is 0 Å². The Labute approximate surface area is 105 Å². The highest BCUT2D eigenvalue weighted by molar-refractivity contribution is 8.00. The van der Waals surface area contributed by atoms with Crippen LogP contribution in [0.4, 0.5) is 23.2 Å². The molecule has 8 heteroatoms. The van der Waals surface area contributed by atoms with Crippen molar-refractivity contribution in [3.05, 3.63) is 24.0 Å². The second-order valence-electron chi connectivity index (χ2n) is 3.37. The number of anilines is 1. The van der Waals surface area contributed by atoms with Gasteiger partial charge in [0.05, 0.1) is 5.75 Å². The maximum absolute atomic E-state index is 13.3. The van der Waals surface area contributed by atoms with Crippen molar-refractivity contribution in [3.63, 3.8) is 0 Å². The van der Waals surface area contributed by atoms with E-state index in [2.05, 4.69) is 0 Å². The van der Waals surface area contributed by atoms with Gasteiger partial charge in [-0.05, 0) is 18.2 Å². The summed E-state index contributed by atoms with van der Waals surface area (Å²) in [5.74, 6) is -1.71. The second kappa shape index (κ2) is 5.94. The maximum Gasteiger partial charge on any atom is 0.405 e. The van der Waals surface area contributed by atoms with Crippen molar-refractivity contribution < 1.29 is 22.4 Å². The van der Waals surface area contributed by atoms with Gasteiger partial charge in [-0.3, -0.25) is 4.79 Å². The van der Waals surface area contributed by atoms with E-state index in [-0.39, 0.29) is 16.3 Å². The van der Waals surface area contributed by atoms with Crippen molar-refractivity contribution in [1.29, 1.82) is 0 Å². The van der Waals surface area contributed by atoms with Crippen LogP contribution in [0.15, 0.2) is 23.1 Å². The molecule has 0 fully saturated rings. The van der Waals surface area contributed by atoms with Crippen LogP contribution in [0.2, 0.25) is 0 Å². The Kier molecular flexibility index (Phi) is 4.83. The van der Waals surface area contributed by atoms with E-state index in [1.54, 1.807) is 5.32 Å². The normalized spacial score (nSPS) is 11.3. The Morgan fingerprint density at radius 3 is 2.61 bits per heavy atom. The summed E-state index contributed by atoms with van der Waals surface area (Å²) in [4.78, 5) is 11.2. The van der Waals surface area contributed by atoms with E-state index in [9.17, 15) is 22.4 Å². The Bertz CT molecular complexity index is 436. The third kappa shape index (κ3) is 5.26. The van der Waals surface area contributed by atoms with E-state index < -0.39 is 24.4 Å². The Morgan fingerprint density at radius 2 is 2.06 bits per heavy atom. The number of rotatable bonds is 4. The van der Waals surface area contributed by atoms with E-state index in [1.807, 2.05) is 0 Å². The Balaban J connectivity index is 2.43. The predicted octanol–water partition coefficient (Wildman–Crippen LogP) is 2.18. The minimum Gasteiger partial charge on any atom is -0.399 e. The molecule has 0 aromatic heterocycles. The van der Waals surface area contributed by atoms with Crippen LogP contribution in [-0.4, -0.2) is 24.4 Å². The molecule has 0 aliphatic heterocycles. The number of thioether (sulfide) groups is 1. The van der Waals surface area contributed by atoms with Gasteiger partial charge in [0, 0.05) is 10.6 Å². The summed E-state index contributed by atoms with van der Waals surface area (Å²) in [5.41, 5.74) is 5.56. The molecule has 0 aliphatic rings. The lowest BCUT2D eigenvalue weighted by atomic mass is 10.3. The van der Waals surface area contributed by atoms with Gasteiger partial charge in [0.1, 0.15) is 12.4 Å². The van der Waals surface area contributed by atoms with Crippen molar-refractivity contribution in [2.45, 2.75) is 11.1 Å². The van der Waals surface area contributed by atoms with Crippen LogP contribution in [0.1, 0.15) is 0 Å². The highest BCUT2D eigenvalue weighted by Gasteiger charge is 2.27. The molecule has 3 nitrogen and oxygen atoms in total. The summed E-state index contributed by atoms with van der Waals surface area (Å²) in [6.45, 7) is -1.39. The van der Waals surface area contributed by atoms with Gasteiger partial charge in [-0.2, -0.15) is 13.2 Å². The fourth-order valence-corrected chi connectivity index (χ4v) is 1.78. The highest BCUT2D eigenvalue weighted by atomic mass is 32.2. The number of nitrogen functional groups attached to an aromatic ring is 1. The number of carbonyl (C=O) groups excluding carboxylic acids is 1. The fraction of sp³-hybridized carbons (Fsp3) is 0.300. The number of nitrogens with one attached hydrogen (secondary N) is 1. The van der Waals surface area contributed by atoms with Crippen molar-refractivity contribution in [1.82, 2.24) is 5.32 Å². The summed E-state index contributed by atoms with van der Waals surface area (Å²) < 4.78 is 48.6. The van der Waals surface area contributed by atoms with Crippen LogP contribution in [0.25, 0.3) is 0 Å². The van der Waals surface area contributed by atoms with Crippen LogP contribution < -0.4 is 11.1 Å². The molecule has 0 unspecified atom stereocenters. The third-order valence-electron chi connectivity index (χ3n) is 1.80. The van der Waals surface area contributed by atoms with Crippen molar-refractivity contribution >= 4 is 23.4 Å². The van der Waals surface area contributed by atoms with Gasteiger partial charge in [0.2, 0.25) is 5.91 Å². The second-order valence-corrected chi connectivity index (χ2v) is 4.39. The number of benzene rings is 1. The van der Waals surface area contributed by atoms with Crippen LogP contribution in [0.5, 0.6) is 0 Å². The molecule has 0 saturated heterocycles. The first kappa shape index (κ1) is 14.6. The number of nitrogens with two attached hydrogens (primary N) is 1. The molecule has 1 aromatic carbocycles. The van der Waals surface area contributed by atoms with Crippen LogP contribution in [-0.2, 0) is 4.79 Å². The quantitative estimate of drug-likeness (QED) is 0.505. The van der Waals surface area contributed by atoms with Crippen molar-refractivity contribution in [2.24, 2.45) is 0 Å². The lowest BCUT2D eigenvalue weighted by Gasteiger charge is -2.08. The summed E-state index contributed by atoms with van der Waals surface area (Å²) in [6, 6.07) is 3.89. The lowest BCUT2D eigenvalue weighted by Crippen LogP contribution is -2.34. The highest BCUT2D eigenvalue weighted by Crippen LogP contribution is 2.23. The zero-order valence-electron chi connectivity index (χ0n) is 9.05. The van der Waals surface area contributed by atoms with Gasteiger partial charge in [-0.25, -0.2) is 4.39 Å². The molecule has 100 valence electrons. The number of carbonyl (C=O) groups is 1. The van der Waals surface area contributed by atoms with Crippen molar-refractivity contribution in [2.75, 3.05) is 18.0 Å². The molecule has 1 rings (SSSR count). The zero-order chi connectivity index (χ0) is 13.8. The molecule has 0 bridgehead atoms. The number of hydrogen-bond donors (Lipinski definition) is 2. The Hall–Kier alpha value is -1.44. The number of halogens is 4. The van der Waals surface area contributed by atoms with Gasteiger partial charge in [-0.15, -0.1) is 11.8 Å². The minimum absolute atomic E-state index is 0.159. The van der Waals surface area contributed by atoms with Gasteiger partial charge >= 0.3 is 6.18 Å². The van der Waals surface area contributed by atoms with E-state index in [4.69, 9.17) is 5.73 Å². The first-order valence-electron chi connectivity index (χ1n) is 4.79. The van der Waals surface area contributed by atoms with E-state index in [1.165, 1.54) is 12.1 Å². The molecule has 1 amide bonds. The topological polar surface area (TPSA) is 55.1 Å². The van der Waals surface area contributed by atoms with Crippen LogP contribution in [0.3, 0.4) is 0 Å². The molecule has 0 radical (unpaired) electrons. The fourth-order valence-electron chi connectivity index (χ4n) is 1.03. The average molecular weight is 282 g/mol. The summed E-state index contributed by atoms with van der Waals surface area (Å²) in [5, 5.41) is 1.69. The summed E-state index contributed by atoms with van der Waals surface area (Å²) in [7, 11) is 0. The standard InChI is InChI=1S/C10H10F4N2OS/c11-7-3-6(15)1-2-8(7)18-4-9(17)16-5-10(12,13)14/h1-3H,4-5,15H2,(H,16,17). The van der Waals surface area contributed by atoms with Gasteiger partial charge < -0.3 is 11.1 Å². The smallest absolute Gasteiger partial charge is 0.399 e. The molecule has 0 spiro atoms. The monoisotopic (exact) mass is 282 g/mol. The number of hydrogen-bond acceptors (Lipinski definition) is 3. The van der Waals surface area contributed by atoms with E-state index >= 15 is 0 Å². The Morgan fingerprint density at radius 1 is 1.39 bits per heavy atom. The summed E-state index contributed by atoms with van der Waals surface area (Å²) >= 11 is 0.804. The summed E-state index contributed by atoms with van der Waals surface area (Å²) in [6.07, 6.45) is -4.45.